The van der Waals surface area contributed by atoms with Gasteiger partial charge in [-0.1, -0.05) is 23.8 Å². The highest BCUT2D eigenvalue weighted by molar-refractivity contribution is 5.97. The van der Waals surface area contributed by atoms with E-state index in [0.29, 0.717) is 0 Å². The summed E-state index contributed by atoms with van der Waals surface area (Å²) in [6, 6.07) is 10.8. The molecule has 0 bridgehead atoms. The van der Waals surface area contributed by atoms with Crippen LogP contribution in [0.4, 0.5) is 18.9 Å². The molecular weight excluding hydrogens is 335 g/mol. The summed E-state index contributed by atoms with van der Waals surface area (Å²) in [5.41, 5.74) is 0.337. The zero-order chi connectivity index (χ0) is 18.6. The van der Waals surface area contributed by atoms with Crippen LogP contribution >= 0.6 is 0 Å². The van der Waals surface area contributed by atoms with Crippen molar-refractivity contribution in [1.82, 2.24) is 0 Å². The van der Waals surface area contributed by atoms with Gasteiger partial charge in [0, 0.05) is 5.69 Å². The zero-order valence-electron chi connectivity index (χ0n) is 13.6. The van der Waals surface area contributed by atoms with Crippen LogP contribution in [0.3, 0.4) is 0 Å². The quantitative estimate of drug-likeness (QED) is 0.840. The number of hydrogen-bond acceptors (Lipinski definition) is 3. The van der Waals surface area contributed by atoms with Crippen molar-refractivity contribution < 1.29 is 27.5 Å². The molecule has 0 aromatic heterocycles. The van der Waals surface area contributed by atoms with Gasteiger partial charge in [0.05, 0.1) is 11.1 Å². The lowest BCUT2D eigenvalue weighted by atomic mass is 10.1. The van der Waals surface area contributed by atoms with Crippen molar-refractivity contribution in [2.24, 2.45) is 0 Å². The maximum atomic E-state index is 12.7. The normalized spacial score (nSPS) is 12.4. The zero-order valence-corrected chi connectivity index (χ0v) is 13.6. The fraction of sp³-hybridized carbons (Fsp3) is 0.222. The molecule has 7 heteroatoms. The van der Waals surface area contributed by atoms with Crippen molar-refractivity contribution in [3.05, 3.63) is 65.2 Å². The molecule has 25 heavy (non-hydrogen) atoms. The van der Waals surface area contributed by atoms with Crippen LogP contribution < -0.4 is 5.32 Å². The monoisotopic (exact) mass is 351 g/mol. The molecule has 0 radical (unpaired) electrons. The fourth-order valence-corrected chi connectivity index (χ4v) is 1.99. The molecule has 2 aromatic rings. The highest BCUT2D eigenvalue weighted by atomic mass is 19.4. The number of carbonyl (C=O) groups is 2. The van der Waals surface area contributed by atoms with Gasteiger partial charge in [-0.3, -0.25) is 4.79 Å². The number of anilines is 1. The van der Waals surface area contributed by atoms with Gasteiger partial charge in [-0.2, -0.15) is 13.2 Å². The lowest BCUT2D eigenvalue weighted by Gasteiger charge is -2.14. The number of benzene rings is 2. The van der Waals surface area contributed by atoms with Crippen LogP contribution in [0.2, 0.25) is 0 Å². The van der Waals surface area contributed by atoms with E-state index in [0.717, 1.165) is 17.7 Å². The molecule has 0 spiro atoms. The number of alkyl halides is 3. The maximum absolute atomic E-state index is 12.7. The number of aryl methyl sites for hydroxylation is 1. The molecule has 0 saturated heterocycles. The fourth-order valence-electron chi connectivity index (χ4n) is 1.99. The van der Waals surface area contributed by atoms with Gasteiger partial charge in [-0.15, -0.1) is 0 Å². The first-order valence-corrected chi connectivity index (χ1v) is 7.42. The minimum absolute atomic E-state index is 0.0296. The highest BCUT2D eigenvalue weighted by Gasteiger charge is 2.30. The van der Waals surface area contributed by atoms with Crippen LogP contribution in [-0.4, -0.2) is 18.0 Å². The van der Waals surface area contributed by atoms with E-state index < -0.39 is 29.7 Å². The minimum atomic E-state index is -4.51. The standard InChI is InChI=1S/C18H16F3NO3/c1-11-6-8-13(9-7-11)17(24)25-12(2)16(23)22-15-5-3-4-14(10-15)18(19,20)21/h3-10,12H,1-2H3,(H,22,23)/t12-/m1/s1. The lowest BCUT2D eigenvalue weighted by molar-refractivity contribution is -0.137. The summed E-state index contributed by atoms with van der Waals surface area (Å²) in [6.45, 7) is 3.20. The van der Waals surface area contributed by atoms with Gasteiger partial charge in [-0.05, 0) is 44.2 Å². The van der Waals surface area contributed by atoms with Crippen molar-refractivity contribution in [3.63, 3.8) is 0 Å². The Morgan fingerprint density at radius 1 is 1.08 bits per heavy atom. The molecule has 2 aromatic carbocycles. The number of esters is 1. The van der Waals surface area contributed by atoms with Crippen molar-refractivity contribution >= 4 is 17.6 Å². The third kappa shape index (κ3) is 5.07. The summed E-state index contributed by atoms with van der Waals surface area (Å²) < 4.78 is 43.0. The van der Waals surface area contributed by atoms with Gasteiger partial charge in [-0.25, -0.2) is 4.79 Å². The second-order valence-corrected chi connectivity index (χ2v) is 5.48. The molecule has 1 N–H and O–H groups in total. The van der Waals surface area contributed by atoms with Crippen LogP contribution in [0.15, 0.2) is 48.5 Å². The van der Waals surface area contributed by atoms with Crippen LogP contribution in [0.25, 0.3) is 0 Å². The Hall–Kier alpha value is -2.83. The molecule has 0 saturated carbocycles. The second kappa shape index (κ2) is 7.38. The molecule has 0 aliphatic heterocycles. The van der Waals surface area contributed by atoms with Crippen molar-refractivity contribution in [2.45, 2.75) is 26.1 Å². The summed E-state index contributed by atoms with van der Waals surface area (Å²) in [6.07, 6.45) is -5.67. The van der Waals surface area contributed by atoms with E-state index in [9.17, 15) is 22.8 Å². The average molecular weight is 351 g/mol. The smallest absolute Gasteiger partial charge is 0.416 e. The number of hydrogen-bond donors (Lipinski definition) is 1. The van der Waals surface area contributed by atoms with Crippen LogP contribution in [0, 0.1) is 6.92 Å². The largest absolute Gasteiger partial charge is 0.449 e. The topological polar surface area (TPSA) is 55.4 Å². The van der Waals surface area contributed by atoms with Crippen LogP contribution in [0.5, 0.6) is 0 Å². The summed E-state index contributed by atoms with van der Waals surface area (Å²) in [7, 11) is 0. The van der Waals surface area contributed by atoms with Gasteiger partial charge in [0.2, 0.25) is 0 Å². The molecule has 0 fully saturated rings. The summed E-state index contributed by atoms with van der Waals surface area (Å²) in [5.74, 6) is -1.41. The van der Waals surface area contributed by atoms with E-state index >= 15 is 0 Å². The van der Waals surface area contributed by atoms with Gasteiger partial charge in [0.1, 0.15) is 0 Å². The molecule has 0 aliphatic rings. The highest BCUT2D eigenvalue weighted by Crippen LogP contribution is 2.30. The molecule has 4 nitrogen and oxygen atoms in total. The van der Waals surface area contributed by atoms with Gasteiger partial charge in [0.25, 0.3) is 5.91 Å². The Morgan fingerprint density at radius 3 is 2.32 bits per heavy atom. The average Bonchev–Trinajstić information content (AvgIpc) is 2.54. The Kier molecular flexibility index (Phi) is 5.46. The number of nitrogens with one attached hydrogen (secondary N) is 1. The van der Waals surface area contributed by atoms with Gasteiger partial charge in [0.15, 0.2) is 6.10 Å². The van der Waals surface area contributed by atoms with Crippen molar-refractivity contribution in [2.75, 3.05) is 5.32 Å². The molecule has 0 heterocycles. The first-order valence-electron chi connectivity index (χ1n) is 7.42. The second-order valence-electron chi connectivity index (χ2n) is 5.48. The predicted octanol–water partition coefficient (Wildman–Crippen LogP) is 4.20. The molecule has 1 amide bonds. The maximum Gasteiger partial charge on any atom is 0.416 e. The van der Waals surface area contributed by atoms with E-state index in [1.165, 1.54) is 19.1 Å². The molecule has 2 rings (SSSR count). The number of ether oxygens (including phenoxy) is 1. The predicted molar refractivity (Wildman–Crippen MR) is 86.1 cm³/mol. The van der Waals surface area contributed by atoms with Crippen LogP contribution in [0.1, 0.15) is 28.4 Å². The number of rotatable bonds is 4. The van der Waals surface area contributed by atoms with E-state index in [1.54, 1.807) is 24.3 Å². The molecule has 0 unspecified atom stereocenters. The van der Waals surface area contributed by atoms with E-state index in [2.05, 4.69) is 5.32 Å². The third-order valence-corrected chi connectivity index (χ3v) is 3.40. The Bertz CT molecular complexity index is 770. The first-order chi connectivity index (χ1) is 11.7. The minimum Gasteiger partial charge on any atom is -0.449 e. The Morgan fingerprint density at radius 2 is 1.72 bits per heavy atom. The van der Waals surface area contributed by atoms with E-state index in [-0.39, 0.29) is 11.3 Å². The summed E-state index contributed by atoms with van der Waals surface area (Å²) in [4.78, 5) is 24.0. The number of carbonyl (C=O) groups excluding carboxylic acids is 2. The molecule has 0 aliphatic carbocycles. The van der Waals surface area contributed by atoms with Gasteiger partial charge >= 0.3 is 12.1 Å². The SMILES string of the molecule is Cc1ccc(C(=O)O[C@H](C)C(=O)Nc2cccc(C(F)(F)F)c2)cc1. The van der Waals surface area contributed by atoms with Crippen molar-refractivity contribution in [3.8, 4) is 0 Å². The van der Waals surface area contributed by atoms with E-state index in [1.807, 2.05) is 6.92 Å². The third-order valence-electron chi connectivity index (χ3n) is 3.40. The van der Waals surface area contributed by atoms with Crippen molar-refractivity contribution in [1.29, 1.82) is 0 Å². The van der Waals surface area contributed by atoms with E-state index in [4.69, 9.17) is 4.74 Å². The first kappa shape index (κ1) is 18.5. The molecular formula is C18H16F3NO3. The van der Waals surface area contributed by atoms with Gasteiger partial charge < -0.3 is 10.1 Å². The Balaban J connectivity index is 2.01. The summed E-state index contributed by atoms with van der Waals surface area (Å²) in [5, 5.41) is 2.30. The van der Waals surface area contributed by atoms with Crippen LogP contribution in [-0.2, 0) is 15.7 Å². The number of amides is 1. The molecule has 1 atom stereocenters. The Labute approximate surface area is 142 Å². The number of halogens is 3. The molecule has 132 valence electrons. The summed E-state index contributed by atoms with van der Waals surface area (Å²) >= 11 is 0. The lowest BCUT2D eigenvalue weighted by Crippen LogP contribution is -2.30.